The van der Waals surface area contributed by atoms with Crippen LogP contribution in [0.3, 0.4) is 0 Å². The van der Waals surface area contributed by atoms with Gasteiger partial charge in [0.1, 0.15) is 0 Å². The number of likely N-dealkylation sites (tertiary alicyclic amines) is 1. The van der Waals surface area contributed by atoms with E-state index in [1.54, 1.807) is 6.08 Å². The lowest BCUT2D eigenvalue weighted by Crippen LogP contribution is -2.29. The molecule has 0 unspecified atom stereocenters. The van der Waals surface area contributed by atoms with E-state index < -0.39 is 0 Å². The van der Waals surface area contributed by atoms with E-state index in [1.165, 1.54) is 43.5 Å². The van der Waals surface area contributed by atoms with Gasteiger partial charge in [-0.05, 0) is 49.9 Å². The van der Waals surface area contributed by atoms with Gasteiger partial charge in [-0.2, -0.15) is 4.99 Å². The smallest absolute Gasteiger partial charge is 0.235 e. The fourth-order valence-corrected chi connectivity index (χ4v) is 3.01. The first-order chi connectivity index (χ1) is 9.32. The predicted molar refractivity (Wildman–Crippen MR) is 74.6 cm³/mol. The predicted octanol–water partition coefficient (Wildman–Crippen LogP) is 3.00. The summed E-state index contributed by atoms with van der Waals surface area (Å²) in [5, 5.41) is 0. The zero-order valence-corrected chi connectivity index (χ0v) is 11.3. The Hall–Kier alpha value is -1.44. The van der Waals surface area contributed by atoms with Gasteiger partial charge in [0.15, 0.2) is 0 Å². The highest BCUT2D eigenvalue weighted by Crippen LogP contribution is 2.49. The third-order valence-corrected chi connectivity index (χ3v) is 4.30. The van der Waals surface area contributed by atoms with Crippen LogP contribution >= 0.6 is 0 Å². The average molecular weight is 256 g/mol. The Bertz CT molecular complexity index is 495. The topological polar surface area (TPSA) is 32.7 Å². The van der Waals surface area contributed by atoms with Gasteiger partial charge < -0.3 is 0 Å². The maximum atomic E-state index is 10.5. The number of aliphatic imine (C=N–C) groups is 1. The van der Waals surface area contributed by atoms with Crippen LogP contribution in [0.25, 0.3) is 0 Å². The molecule has 0 atom stereocenters. The Morgan fingerprint density at radius 3 is 2.68 bits per heavy atom. The van der Waals surface area contributed by atoms with Gasteiger partial charge in [-0.25, -0.2) is 4.79 Å². The van der Waals surface area contributed by atoms with Crippen molar-refractivity contribution in [1.82, 2.24) is 4.90 Å². The highest BCUT2D eigenvalue weighted by molar-refractivity contribution is 5.42. The van der Waals surface area contributed by atoms with Gasteiger partial charge in [-0.15, -0.1) is 0 Å². The summed E-state index contributed by atoms with van der Waals surface area (Å²) in [4.78, 5) is 17.1. The fourth-order valence-electron chi connectivity index (χ4n) is 3.01. The Balaban J connectivity index is 1.74. The minimum atomic E-state index is -0.236. The molecule has 0 amide bonds. The van der Waals surface area contributed by atoms with Crippen molar-refractivity contribution in [3.8, 4) is 0 Å². The van der Waals surface area contributed by atoms with Crippen LogP contribution in [0.5, 0.6) is 0 Å². The molecule has 100 valence electrons. The van der Waals surface area contributed by atoms with Crippen LogP contribution in [0, 0.1) is 0 Å². The van der Waals surface area contributed by atoms with Gasteiger partial charge in [0.05, 0.1) is 5.54 Å². The highest BCUT2D eigenvalue weighted by atomic mass is 16.1. The maximum Gasteiger partial charge on any atom is 0.235 e. The van der Waals surface area contributed by atoms with Crippen molar-refractivity contribution in [3.63, 3.8) is 0 Å². The molecule has 0 aromatic heterocycles. The molecule has 0 bridgehead atoms. The largest absolute Gasteiger partial charge is 0.299 e. The molecule has 0 spiro atoms. The minimum absolute atomic E-state index is 0.236. The van der Waals surface area contributed by atoms with Gasteiger partial charge in [0.25, 0.3) is 0 Å². The molecule has 1 saturated carbocycles. The van der Waals surface area contributed by atoms with Crippen LogP contribution < -0.4 is 0 Å². The number of nitrogens with zero attached hydrogens (tertiary/aromatic N) is 2. The molecule has 0 N–H and O–H groups in total. The molecule has 0 radical (unpaired) electrons. The number of hydrogen-bond donors (Lipinski definition) is 0. The highest BCUT2D eigenvalue weighted by Gasteiger charge is 2.44. The summed E-state index contributed by atoms with van der Waals surface area (Å²) in [5.74, 6) is 0. The average Bonchev–Trinajstić information content (AvgIpc) is 3.22. The van der Waals surface area contributed by atoms with Crippen molar-refractivity contribution >= 4 is 6.08 Å². The van der Waals surface area contributed by atoms with E-state index in [9.17, 15) is 4.79 Å². The lowest BCUT2D eigenvalue weighted by molar-refractivity contribution is 0.221. The van der Waals surface area contributed by atoms with Gasteiger partial charge in [0.2, 0.25) is 6.08 Å². The van der Waals surface area contributed by atoms with Crippen molar-refractivity contribution in [1.29, 1.82) is 0 Å². The second-order valence-electron chi connectivity index (χ2n) is 5.77. The van der Waals surface area contributed by atoms with E-state index >= 15 is 0 Å². The Morgan fingerprint density at radius 2 is 2.00 bits per heavy atom. The second kappa shape index (κ2) is 5.28. The van der Waals surface area contributed by atoms with Crippen molar-refractivity contribution in [3.05, 3.63) is 35.4 Å². The van der Waals surface area contributed by atoms with Gasteiger partial charge in [-0.1, -0.05) is 30.7 Å². The van der Waals surface area contributed by atoms with Crippen LogP contribution in [-0.2, 0) is 16.9 Å². The Kier molecular flexibility index (Phi) is 3.50. The summed E-state index contributed by atoms with van der Waals surface area (Å²) in [5.41, 5.74) is 2.29. The normalized spacial score (nSPS) is 21.7. The summed E-state index contributed by atoms with van der Waals surface area (Å²) in [6.45, 7) is 3.44. The van der Waals surface area contributed by atoms with Gasteiger partial charge in [0, 0.05) is 6.54 Å². The van der Waals surface area contributed by atoms with Crippen molar-refractivity contribution in [2.45, 2.75) is 44.2 Å². The van der Waals surface area contributed by atoms with E-state index in [4.69, 9.17) is 0 Å². The summed E-state index contributed by atoms with van der Waals surface area (Å²) >= 11 is 0. The zero-order chi connectivity index (χ0) is 13.1. The van der Waals surface area contributed by atoms with Crippen LogP contribution in [0.15, 0.2) is 29.3 Å². The Morgan fingerprint density at radius 1 is 1.21 bits per heavy atom. The molecule has 3 nitrogen and oxygen atoms in total. The number of carbonyl (C=O) groups excluding carboxylic acids is 1. The molecule has 3 heteroatoms. The van der Waals surface area contributed by atoms with Crippen LogP contribution in [0.4, 0.5) is 0 Å². The molecule has 2 aliphatic rings. The molecule has 1 aromatic rings. The van der Waals surface area contributed by atoms with Crippen LogP contribution in [0.2, 0.25) is 0 Å². The van der Waals surface area contributed by atoms with E-state index in [-0.39, 0.29) is 5.54 Å². The summed E-state index contributed by atoms with van der Waals surface area (Å²) in [6.07, 6.45) is 7.70. The molecule has 3 rings (SSSR count). The fraction of sp³-hybridized carbons (Fsp3) is 0.562. The van der Waals surface area contributed by atoms with Crippen LogP contribution in [0.1, 0.15) is 43.2 Å². The lowest BCUT2D eigenvalue weighted by Gasteiger charge is -2.26. The zero-order valence-electron chi connectivity index (χ0n) is 11.3. The molecule has 1 aliphatic heterocycles. The monoisotopic (exact) mass is 256 g/mol. The van der Waals surface area contributed by atoms with Crippen molar-refractivity contribution in [2.24, 2.45) is 4.99 Å². The van der Waals surface area contributed by atoms with E-state index in [1.807, 2.05) is 0 Å². The molecule has 19 heavy (non-hydrogen) atoms. The van der Waals surface area contributed by atoms with Crippen molar-refractivity contribution in [2.75, 3.05) is 13.1 Å². The number of isocyanates is 1. The molecule has 1 heterocycles. The third kappa shape index (κ3) is 2.78. The quantitative estimate of drug-likeness (QED) is 0.613. The summed E-state index contributed by atoms with van der Waals surface area (Å²) in [7, 11) is 0. The van der Waals surface area contributed by atoms with E-state index in [2.05, 4.69) is 34.2 Å². The first kappa shape index (κ1) is 12.6. The first-order valence-corrected chi connectivity index (χ1v) is 7.23. The van der Waals surface area contributed by atoms with E-state index in [0.717, 1.165) is 19.4 Å². The number of rotatable bonds is 4. The summed E-state index contributed by atoms with van der Waals surface area (Å²) in [6, 6.07) is 8.59. The lowest BCUT2D eigenvalue weighted by atomic mass is 10.0. The molecule has 1 saturated heterocycles. The SMILES string of the molecule is O=C=NC1(c2cccc(CN3CCCCC3)c2)CC1. The Labute approximate surface area is 114 Å². The molecular weight excluding hydrogens is 236 g/mol. The number of hydrogen-bond acceptors (Lipinski definition) is 3. The second-order valence-corrected chi connectivity index (χ2v) is 5.77. The van der Waals surface area contributed by atoms with Gasteiger partial charge >= 0.3 is 0 Å². The molecule has 1 aliphatic carbocycles. The van der Waals surface area contributed by atoms with Crippen LogP contribution in [-0.4, -0.2) is 24.1 Å². The molecule has 2 fully saturated rings. The minimum Gasteiger partial charge on any atom is -0.299 e. The third-order valence-electron chi connectivity index (χ3n) is 4.30. The van der Waals surface area contributed by atoms with E-state index in [0.29, 0.717) is 0 Å². The molecular formula is C16H20N2O. The molecule has 1 aromatic carbocycles. The van der Waals surface area contributed by atoms with Gasteiger partial charge in [-0.3, -0.25) is 4.90 Å². The standard InChI is InChI=1S/C16H20N2O/c19-13-17-16(7-8-16)15-6-4-5-14(11-15)12-18-9-2-1-3-10-18/h4-6,11H,1-3,7-10,12H2. The van der Waals surface area contributed by atoms with Crippen molar-refractivity contribution < 1.29 is 4.79 Å². The summed E-state index contributed by atoms with van der Waals surface area (Å²) < 4.78 is 0. The number of piperidine rings is 1. The first-order valence-electron chi connectivity index (χ1n) is 7.23. The number of benzene rings is 1. The maximum absolute atomic E-state index is 10.5.